The summed E-state index contributed by atoms with van der Waals surface area (Å²) in [6.07, 6.45) is 4.12. The second kappa shape index (κ2) is 7.08. The van der Waals surface area contributed by atoms with Gasteiger partial charge in [-0.15, -0.1) is 0 Å². The molecule has 0 bridgehead atoms. The fraction of sp³-hybridized carbons (Fsp3) is 0.182. The normalized spacial score (nSPS) is 17.6. The number of amides is 1. The van der Waals surface area contributed by atoms with E-state index in [1.54, 1.807) is 19.0 Å². The van der Waals surface area contributed by atoms with E-state index >= 15 is 0 Å². The number of aliphatic imine (C=N–C) groups is 1. The van der Waals surface area contributed by atoms with E-state index < -0.39 is 0 Å². The van der Waals surface area contributed by atoms with Crippen LogP contribution in [0.5, 0.6) is 0 Å². The number of likely N-dealkylation sites (N-methyl/N-ethyl adjacent to an activating group) is 1. The van der Waals surface area contributed by atoms with Gasteiger partial charge in [0.2, 0.25) is 0 Å². The van der Waals surface area contributed by atoms with Crippen molar-refractivity contribution in [2.75, 3.05) is 14.1 Å². The van der Waals surface area contributed by atoms with Crippen LogP contribution in [-0.4, -0.2) is 34.6 Å². The van der Waals surface area contributed by atoms with Crippen molar-refractivity contribution in [3.05, 3.63) is 76.3 Å². The Morgan fingerprint density at radius 1 is 1.15 bits per heavy atom. The van der Waals surface area contributed by atoms with Gasteiger partial charge < -0.3 is 4.57 Å². The summed E-state index contributed by atoms with van der Waals surface area (Å²) in [6.45, 7) is 2.91. The fourth-order valence-electron chi connectivity index (χ4n) is 3.42. The maximum atomic E-state index is 12.5. The molecule has 1 aliphatic rings. The maximum Gasteiger partial charge on any atom is 0.266 e. The maximum absolute atomic E-state index is 12.5. The van der Waals surface area contributed by atoms with Crippen molar-refractivity contribution in [2.45, 2.75) is 13.5 Å². The highest BCUT2D eigenvalue weighted by molar-refractivity contribution is 8.18. The average Bonchev–Trinajstić information content (AvgIpc) is 3.14. The van der Waals surface area contributed by atoms with Crippen LogP contribution in [0.15, 0.2) is 64.6 Å². The van der Waals surface area contributed by atoms with Crippen LogP contribution in [-0.2, 0) is 11.3 Å². The molecule has 1 fully saturated rings. The summed E-state index contributed by atoms with van der Waals surface area (Å²) >= 11 is 1.42. The van der Waals surface area contributed by atoms with Gasteiger partial charge in [-0.25, -0.2) is 0 Å². The Hall–Kier alpha value is -2.79. The predicted molar refractivity (Wildman–Crippen MR) is 114 cm³/mol. The first-order chi connectivity index (χ1) is 13.1. The van der Waals surface area contributed by atoms with Gasteiger partial charge in [0.15, 0.2) is 5.17 Å². The molecule has 5 heteroatoms. The number of aromatic nitrogens is 1. The van der Waals surface area contributed by atoms with Crippen molar-refractivity contribution in [3.8, 4) is 0 Å². The third kappa shape index (κ3) is 3.30. The van der Waals surface area contributed by atoms with Gasteiger partial charge in [0.25, 0.3) is 5.91 Å². The molecule has 136 valence electrons. The Balaban J connectivity index is 1.77. The summed E-state index contributed by atoms with van der Waals surface area (Å²) in [5, 5.41) is 1.88. The number of rotatable bonds is 3. The highest BCUT2D eigenvalue weighted by Gasteiger charge is 2.30. The second-order valence-electron chi connectivity index (χ2n) is 6.70. The minimum atomic E-state index is -0.00360. The molecular weight excluding hydrogens is 354 g/mol. The van der Waals surface area contributed by atoms with Crippen molar-refractivity contribution in [1.82, 2.24) is 9.47 Å². The van der Waals surface area contributed by atoms with E-state index in [9.17, 15) is 4.79 Å². The van der Waals surface area contributed by atoms with E-state index in [0.29, 0.717) is 4.91 Å². The van der Waals surface area contributed by atoms with Gasteiger partial charge in [-0.2, -0.15) is 0 Å². The van der Waals surface area contributed by atoms with E-state index in [-0.39, 0.29) is 5.91 Å². The third-order valence-corrected chi connectivity index (χ3v) is 5.89. The van der Waals surface area contributed by atoms with Crippen LogP contribution < -0.4 is 0 Å². The van der Waals surface area contributed by atoms with Gasteiger partial charge in [-0.05, 0) is 36.4 Å². The largest absolute Gasteiger partial charge is 0.342 e. The Labute approximate surface area is 163 Å². The zero-order valence-corrected chi connectivity index (χ0v) is 16.5. The molecule has 4 nitrogen and oxygen atoms in total. The highest BCUT2D eigenvalue weighted by atomic mass is 32.2. The molecule has 1 amide bonds. The number of amidine groups is 1. The first-order valence-corrected chi connectivity index (χ1v) is 9.66. The summed E-state index contributed by atoms with van der Waals surface area (Å²) < 4.78 is 2.25. The van der Waals surface area contributed by atoms with Crippen LogP contribution in [0, 0.1) is 6.92 Å². The molecule has 0 radical (unpaired) electrons. The van der Waals surface area contributed by atoms with Crippen LogP contribution in [0.3, 0.4) is 0 Å². The molecule has 0 N–H and O–H groups in total. The molecule has 0 saturated carbocycles. The van der Waals surface area contributed by atoms with E-state index in [4.69, 9.17) is 0 Å². The van der Waals surface area contributed by atoms with Crippen LogP contribution in [0.2, 0.25) is 0 Å². The van der Waals surface area contributed by atoms with Crippen molar-refractivity contribution >= 4 is 39.8 Å². The first-order valence-electron chi connectivity index (χ1n) is 8.84. The van der Waals surface area contributed by atoms with Crippen molar-refractivity contribution in [1.29, 1.82) is 0 Å². The van der Waals surface area contributed by atoms with Gasteiger partial charge in [-0.1, -0.05) is 48.0 Å². The fourth-order valence-corrected chi connectivity index (χ4v) is 4.34. The van der Waals surface area contributed by atoms with E-state index in [2.05, 4.69) is 65.1 Å². The number of para-hydroxylation sites is 1. The summed E-state index contributed by atoms with van der Waals surface area (Å²) in [6, 6.07) is 16.9. The number of hydrogen-bond acceptors (Lipinski definition) is 3. The van der Waals surface area contributed by atoms with Gasteiger partial charge in [0.05, 0.1) is 4.91 Å². The topological polar surface area (TPSA) is 37.6 Å². The molecule has 0 atom stereocenters. The van der Waals surface area contributed by atoms with Crippen molar-refractivity contribution < 1.29 is 4.79 Å². The quantitative estimate of drug-likeness (QED) is 0.631. The molecule has 2 heterocycles. The van der Waals surface area contributed by atoms with Gasteiger partial charge in [-0.3, -0.25) is 14.7 Å². The number of nitrogens with zero attached hydrogens (tertiary/aromatic N) is 3. The molecule has 27 heavy (non-hydrogen) atoms. The number of thioether (sulfide) groups is 1. The summed E-state index contributed by atoms with van der Waals surface area (Å²) in [5.41, 5.74) is 4.74. The number of aryl methyl sites for hydroxylation is 1. The highest BCUT2D eigenvalue weighted by Crippen LogP contribution is 2.33. The first kappa shape index (κ1) is 17.6. The molecule has 1 aromatic heterocycles. The number of benzene rings is 2. The van der Waals surface area contributed by atoms with Crippen LogP contribution in [0.1, 0.15) is 16.7 Å². The van der Waals surface area contributed by atoms with E-state index in [0.717, 1.165) is 22.7 Å². The zero-order chi connectivity index (χ0) is 19.0. The Bertz CT molecular complexity index is 1090. The Morgan fingerprint density at radius 2 is 1.96 bits per heavy atom. The predicted octanol–water partition coefficient (Wildman–Crippen LogP) is 4.53. The summed E-state index contributed by atoms with van der Waals surface area (Å²) in [4.78, 5) is 19.0. The second-order valence-corrected chi connectivity index (χ2v) is 7.71. The van der Waals surface area contributed by atoms with E-state index in [1.165, 1.54) is 28.4 Å². The number of hydrogen-bond donors (Lipinski definition) is 0. The Kier molecular flexibility index (Phi) is 4.62. The van der Waals surface area contributed by atoms with Crippen LogP contribution >= 0.6 is 11.8 Å². The summed E-state index contributed by atoms with van der Waals surface area (Å²) in [7, 11) is 3.47. The van der Waals surface area contributed by atoms with Crippen LogP contribution in [0.4, 0.5) is 0 Å². The Morgan fingerprint density at radius 3 is 2.70 bits per heavy atom. The standard InChI is InChI=1S/C22H21N3OS/c1-15-7-6-8-16(11-15)13-25-14-17(18-9-4-5-10-19(18)25)12-20-21(26)24(3)22(23-2)27-20/h4-12,14H,13H2,1-3H3. The smallest absolute Gasteiger partial charge is 0.266 e. The van der Waals surface area contributed by atoms with Gasteiger partial charge in [0, 0.05) is 43.3 Å². The number of carbonyl (C=O) groups excluding carboxylic acids is 1. The van der Waals surface area contributed by atoms with E-state index in [1.807, 2.05) is 12.1 Å². The lowest BCUT2D eigenvalue weighted by Gasteiger charge is -2.06. The van der Waals surface area contributed by atoms with Crippen LogP contribution in [0.25, 0.3) is 17.0 Å². The minimum absolute atomic E-state index is 0.00360. The molecule has 0 spiro atoms. The molecule has 1 aliphatic heterocycles. The molecule has 0 aliphatic carbocycles. The van der Waals surface area contributed by atoms with Crippen molar-refractivity contribution in [3.63, 3.8) is 0 Å². The average molecular weight is 375 g/mol. The monoisotopic (exact) mass is 375 g/mol. The number of fused-ring (bicyclic) bond motifs is 1. The van der Waals surface area contributed by atoms with Gasteiger partial charge >= 0.3 is 0 Å². The molecule has 1 saturated heterocycles. The zero-order valence-electron chi connectivity index (χ0n) is 15.6. The lowest BCUT2D eigenvalue weighted by molar-refractivity contribution is -0.121. The molecule has 2 aromatic carbocycles. The SMILES string of the molecule is CN=C1SC(=Cc2cn(Cc3cccc(C)c3)c3ccccc23)C(=O)N1C. The minimum Gasteiger partial charge on any atom is -0.342 e. The molecule has 3 aromatic rings. The molecule has 0 unspecified atom stereocenters. The molecule has 4 rings (SSSR count). The lowest BCUT2D eigenvalue weighted by Crippen LogP contribution is -2.23. The third-order valence-electron chi connectivity index (χ3n) is 4.74. The van der Waals surface area contributed by atoms with Gasteiger partial charge in [0.1, 0.15) is 0 Å². The summed E-state index contributed by atoms with van der Waals surface area (Å²) in [5.74, 6) is -0.00360. The number of carbonyl (C=O) groups is 1. The molecular formula is C22H21N3OS. The van der Waals surface area contributed by atoms with Crippen molar-refractivity contribution in [2.24, 2.45) is 4.99 Å². The lowest BCUT2D eigenvalue weighted by atomic mass is 10.1.